The number of aromatic amines is 1. The number of benzene rings is 2. The van der Waals surface area contributed by atoms with Crippen molar-refractivity contribution in [3.63, 3.8) is 0 Å². The molecule has 2 aromatic heterocycles. The lowest BCUT2D eigenvalue weighted by atomic mass is 9.81. The molecular weight excluding hydrogens is 616 g/mol. The Bertz CT molecular complexity index is 1720. The molecule has 11 nitrogen and oxygen atoms in total. The Labute approximate surface area is 266 Å². The van der Waals surface area contributed by atoms with Crippen LogP contribution in [0.2, 0.25) is 0 Å². The Morgan fingerprint density at radius 3 is 2.73 bits per heavy atom. The molecule has 2 aromatic carbocycles. The SMILES string of the molecule is CC1(C)CNc2c(cc(CCc3nn[nH]n3)cc2S(=O)(=O)N[C@@H](Cc2nc3ccccc3s2)C(=O)N2CCC(CCF)CC2)C1. The second-order valence-corrected chi connectivity index (χ2v) is 15.6. The average molecular weight is 655 g/mol. The highest BCUT2D eigenvalue weighted by atomic mass is 32.2. The maximum Gasteiger partial charge on any atom is 0.243 e. The van der Waals surface area contributed by atoms with Crippen LogP contribution in [0.5, 0.6) is 0 Å². The molecule has 3 N–H and O–H groups in total. The first-order valence-electron chi connectivity index (χ1n) is 15.4. The molecule has 0 radical (unpaired) electrons. The number of para-hydroxylation sites is 1. The highest BCUT2D eigenvalue weighted by molar-refractivity contribution is 7.89. The van der Waals surface area contributed by atoms with Crippen molar-refractivity contribution in [3.8, 4) is 0 Å². The summed E-state index contributed by atoms with van der Waals surface area (Å²) in [6.07, 6.45) is 3.74. The Hall–Kier alpha value is -3.49. The predicted molar refractivity (Wildman–Crippen MR) is 171 cm³/mol. The summed E-state index contributed by atoms with van der Waals surface area (Å²) in [6.45, 7) is 5.48. The molecule has 0 spiro atoms. The van der Waals surface area contributed by atoms with Gasteiger partial charge in [0.1, 0.15) is 10.9 Å². The number of aryl methyl sites for hydroxylation is 2. The zero-order valence-electron chi connectivity index (χ0n) is 25.6. The number of H-pyrrole nitrogens is 1. The van der Waals surface area contributed by atoms with Crippen molar-refractivity contribution in [2.75, 3.05) is 31.6 Å². The summed E-state index contributed by atoms with van der Waals surface area (Å²) in [6, 6.07) is 10.4. The second-order valence-electron chi connectivity index (χ2n) is 12.9. The van der Waals surface area contributed by atoms with Gasteiger partial charge in [0.25, 0.3) is 0 Å². The van der Waals surface area contributed by atoms with Crippen LogP contribution in [0.4, 0.5) is 10.1 Å². The molecule has 45 heavy (non-hydrogen) atoms. The van der Waals surface area contributed by atoms with Crippen molar-refractivity contribution in [2.24, 2.45) is 11.3 Å². The molecule has 0 saturated carbocycles. The fraction of sp³-hybridized carbons (Fsp3) is 0.516. The lowest BCUT2D eigenvalue weighted by Gasteiger charge is -2.35. The van der Waals surface area contributed by atoms with E-state index in [-0.39, 0.29) is 35.2 Å². The van der Waals surface area contributed by atoms with Crippen molar-refractivity contribution in [1.29, 1.82) is 0 Å². The van der Waals surface area contributed by atoms with E-state index in [0.29, 0.717) is 74.7 Å². The summed E-state index contributed by atoms with van der Waals surface area (Å²) in [5.41, 5.74) is 3.08. The number of likely N-dealkylation sites (tertiary alicyclic amines) is 1. The number of hydrogen-bond acceptors (Lipinski definition) is 9. The molecule has 2 aliphatic rings. The zero-order valence-corrected chi connectivity index (χ0v) is 27.2. The number of fused-ring (bicyclic) bond motifs is 2. The van der Waals surface area contributed by atoms with Gasteiger partial charge in [-0.15, -0.1) is 21.5 Å². The van der Waals surface area contributed by atoms with Crippen molar-refractivity contribution in [1.82, 2.24) is 35.2 Å². The molecule has 1 atom stereocenters. The average Bonchev–Trinajstić information content (AvgIpc) is 3.68. The third kappa shape index (κ3) is 7.33. The number of piperidine rings is 1. The first-order chi connectivity index (χ1) is 21.6. The number of carbonyl (C=O) groups excluding carboxylic acids is 1. The quantitative estimate of drug-likeness (QED) is 0.219. The highest BCUT2D eigenvalue weighted by Crippen LogP contribution is 2.38. The van der Waals surface area contributed by atoms with E-state index in [9.17, 15) is 17.6 Å². The summed E-state index contributed by atoms with van der Waals surface area (Å²) in [4.78, 5) is 20.6. The third-order valence-electron chi connectivity index (χ3n) is 8.73. The van der Waals surface area contributed by atoms with Crippen LogP contribution >= 0.6 is 11.3 Å². The van der Waals surface area contributed by atoms with Gasteiger partial charge in [-0.25, -0.2) is 13.4 Å². The first kappa shape index (κ1) is 31.5. The lowest BCUT2D eigenvalue weighted by Crippen LogP contribution is -2.51. The van der Waals surface area contributed by atoms with Crippen molar-refractivity contribution >= 4 is 43.2 Å². The number of aromatic nitrogens is 5. The number of amides is 1. The lowest BCUT2D eigenvalue weighted by molar-refractivity contribution is -0.134. The number of rotatable bonds is 11. The Morgan fingerprint density at radius 2 is 2.00 bits per heavy atom. The Morgan fingerprint density at radius 1 is 1.20 bits per heavy atom. The topological polar surface area (TPSA) is 146 Å². The van der Waals surface area contributed by atoms with Gasteiger partial charge >= 0.3 is 0 Å². The molecule has 1 fully saturated rings. The fourth-order valence-electron chi connectivity index (χ4n) is 6.31. The van der Waals surface area contributed by atoms with Gasteiger partial charge in [0.05, 0.1) is 27.6 Å². The number of hydrogen-bond donors (Lipinski definition) is 3. The molecule has 240 valence electrons. The first-order valence-corrected chi connectivity index (χ1v) is 17.7. The number of sulfonamides is 1. The molecule has 2 aliphatic heterocycles. The summed E-state index contributed by atoms with van der Waals surface area (Å²) < 4.78 is 45.4. The Kier molecular flexibility index (Phi) is 9.16. The third-order valence-corrected chi connectivity index (χ3v) is 11.3. The van der Waals surface area contributed by atoms with Gasteiger partial charge < -0.3 is 10.2 Å². The number of tetrazole rings is 1. The van der Waals surface area contributed by atoms with Crippen LogP contribution in [0.1, 0.15) is 55.1 Å². The van der Waals surface area contributed by atoms with E-state index >= 15 is 0 Å². The predicted octanol–water partition coefficient (Wildman–Crippen LogP) is 4.08. The van der Waals surface area contributed by atoms with Gasteiger partial charge in [-0.1, -0.05) is 37.3 Å². The molecule has 0 bridgehead atoms. The van der Waals surface area contributed by atoms with Gasteiger partial charge in [0, 0.05) is 32.5 Å². The minimum Gasteiger partial charge on any atom is -0.383 e. The summed E-state index contributed by atoms with van der Waals surface area (Å²) in [5.74, 6) is 0.494. The van der Waals surface area contributed by atoms with Crippen LogP contribution in [-0.4, -0.2) is 77.2 Å². The standard InChI is InChI=1S/C31H39FN8O3S2/c1-31(2)18-22-15-21(7-8-27-35-38-39-36-27)16-26(29(22)33-19-31)45(42,43)37-24(17-28-34-23-5-3-4-6-25(23)44-28)30(41)40-13-10-20(9-12-32)11-14-40/h3-6,15-16,20,24,33,37H,7-14,17-19H2,1-2H3,(H,35,36,38,39)/t24-/m0/s1. The van der Waals surface area contributed by atoms with E-state index in [1.807, 2.05) is 30.3 Å². The van der Waals surface area contributed by atoms with Gasteiger partial charge in [-0.3, -0.25) is 9.18 Å². The number of thiazole rings is 1. The van der Waals surface area contributed by atoms with E-state index in [2.05, 4.69) is 44.5 Å². The fourth-order valence-corrected chi connectivity index (χ4v) is 8.79. The van der Waals surface area contributed by atoms with Crippen LogP contribution in [0.3, 0.4) is 0 Å². The van der Waals surface area contributed by atoms with Crippen molar-refractivity contribution in [3.05, 3.63) is 58.4 Å². The molecule has 0 aliphatic carbocycles. The Balaban J connectivity index is 1.32. The normalized spacial score (nSPS) is 17.6. The second kappa shape index (κ2) is 13.1. The van der Waals surface area contributed by atoms with Crippen LogP contribution in [-0.2, 0) is 40.5 Å². The molecule has 1 saturated heterocycles. The van der Waals surface area contributed by atoms with Gasteiger partial charge in [0.15, 0.2) is 5.82 Å². The minimum absolute atomic E-state index is 0.0621. The molecule has 4 aromatic rings. The van der Waals surface area contributed by atoms with E-state index in [1.165, 1.54) is 11.3 Å². The number of halogens is 1. The number of carbonyl (C=O) groups is 1. The van der Waals surface area contributed by atoms with Gasteiger partial charge in [-0.2, -0.15) is 9.94 Å². The number of nitrogens with zero attached hydrogens (tertiary/aromatic N) is 5. The smallest absolute Gasteiger partial charge is 0.243 e. The monoisotopic (exact) mass is 654 g/mol. The van der Waals surface area contributed by atoms with Gasteiger partial charge in [-0.05, 0) is 72.8 Å². The zero-order chi connectivity index (χ0) is 31.6. The molecule has 14 heteroatoms. The van der Waals surface area contributed by atoms with Crippen molar-refractivity contribution in [2.45, 2.75) is 69.7 Å². The molecule has 6 rings (SSSR count). The van der Waals surface area contributed by atoms with E-state index in [1.54, 1.807) is 11.0 Å². The highest BCUT2D eigenvalue weighted by Gasteiger charge is 2.36. The maximum absolute atomic E-state index is 14.3. The van der Waals surface area contributed by atoms with Crippen LogP contribution < -0.4 is 10.0 Å². The number of alkyl halides is 1. The number of nitrogens with one attached hydrogen (secondary N) is 3. The van der Waals surface area contributed by atoms with E-state index in [4.69, 9.17) is 4.98 Å². The molecular formula is C31H39FN8O3S2. The van der Waals surface area contributed by atoms with E-state index in [0.717, 1.165) is 21.3 Å². The summed E-state index contributed by atoms with van der Waals surface area (Å²) in [7, 11) is -4.17. The summed E-state index contributed by atoms with van der Waals surface area (Å²) in [5, 5.41) is 18.2. The molecule has 1 amide bonds. The number of anilines is 1. The molecule has 4 heterocycles. The van der Waals surface area contributed by atoms with Crippen molar-refractivity contribution < 1.29 is 17.6 Å². The van der Waals surface area contributed by atoms with E-state index < -0.39 is 16.1 Å². The van der Waals surface area contributed by atoms with Gasteiger partial charge in [0.2, 0.25) is 15.9 Å². The van der Waals surface area contributed by atoms with Crippen LogP contribution in [0.15, 0.2) is 41.3 Å². The largest absolute Gasteiger partial charge is 0.383 e. The summed E-state index contributed by atoms with van der Waals surface area (Å²) >= 11 is 1.46. The minimum atomic E-state index is -4.17. The molecule has 0 unspecified atom stereocenters. The maximum atomic E-state index is 14.3. The van der Waals surface area contributed by atoms with Crippen LogP contribution in [0.25, 0.3) is 10.2 Å². The van der Waals surface area contributed by atoms with Crippen LogP contribution in [0, 0.1) is 11.3 Å².